The van der Waals surface area contributed by atoms with Crippen molar-refractivity contribution in [3.05, 3.63) is 34.9 Å². The molecule has 0 saturated carbocycles. The standard InChI is InChI=1S/C16H22N2OS/c1-12-6-7-14(5-4-9-17)11-15(12)16(19)18-10-8-13(2)20-3/h6-7,11,13H,8-10,17H2,1-3H3,(H,18,19). The molecular formula is C16H22N2OS. The zero-order chi connectivity index (χ0) is 15.0. The number of nitrogens with one attached hydrogen (secondary N) is 1. The van der Waals surface area contributed by atoms with E-state index in [0.717, 1.165) is 17.5 Å². The molecule has 3 N–H and O–H groups in total. The number of hydrogen-bond acceptors (Lipinski definition) is 3. The fraction of sp³-hybridized carbons (Fsp3) is 0.438. The lowest BCUT2D eigenvalue weighted by atomic mass is 10.0. The Morgan fingerprint density at radius 1 is 1.50 bits per heavy atom. The lowest BCUT2D eigenvalue weighted by Crippen LogP contribution is -2.26. The molecule has 0 radical (unpaired) electrons. The molecule has 4 heteroatoms. The Morgan fingerprint density at radius 2 is 2.25 bits per heavy atom. The van der Waals surface area contributed by atoms with Crippen LogP contribution in [0.15, 0.2) is 18.2 Å². The van der Waals surface area contributed by atoms with Gasteiger partial charge in [-0.1, -0.05) is 24.8 Å². The minimum atomic E-state index is -0.0350. The lowest BCUT2D eigenvalue weighted by molar-refractivity contribution is 0.0952. The van der Waals surface area contributed by atoms with E-state index in [2.05, 4.69) is 30.3 Å². The van der Waals surface area contributed by atoms with Crippen LogP contribution in [0, 0.1) is 18.8 Å². The van der Waals surface area contributed by atoms with Gasteiger partial charge < -0.3 is 11.1 Å². The number of nitrogens with two attached hydrogens (primary N) is 1. The van der Waals surface area contributed by atoms with E-state index in [1.807, 2.05) is 25.1 Å². The highest BCUT2D eigenvalue weighted by atomic mass is 32.2. The maximum atomic E-state index is 12.2. The Morgan fingerprint density at radius 3 is 2.90 bits per heavy atom. The third kappa shape index (κ3) is 5.28. The third-order valence-corrected chi connectivity index (χ3v) is 4.10. The Hall–Kier alpha value is -1.44. The first kappa shape index (κ1) is 16.6. The highest BCUT2D eigenvalue weighted by Crippen LogP contribution is 2.12. The van der Waals surface area contributed by atoms with E-state index >= 15 is 0 Å². The summed E-state index contributed by atoms with van der Waals surface area (Å²) in [6.45, 7) is 5.10. The molecule has 0 heterocycles. The summed E-state index contributed by atoms with van der Waals surface area (Å²) in [5.74, 6) is 5.72. The second-order valence-corrected chi connectivity index (χ2v) is 5.90. The van der Waals surface area contributed by atoms with Gasteiger partial charge in [-0.3, -0.25) is 4.79 Å². The Labute approximate surface area is 125 Å². The lowest BCUT2D eigenvalue weighted by Gasteiger charge is -2.10. The van der Waals surface area contributed by atoms with Crippen LogP contribution in [0.4, 0.5) is 0 Å². The molecule has 0 bridgehead atoms. The number of amides is 1. The molecule has 0 aliphatic rings. The molecule has 1 amide bonds. The smallest absolute Gasteiger partial charge is 0.251 e. The number of hydrogen-bond donors (Lipinski definition) is 2. The Balaban J connectivity index is 2.71. The minimum Gasteiger partial charge on any atom is -0.352 e. The highest BCUT2D eigenvalue weighted by molar-refractivity contribution is 7.99. The molecule has 0 aliphatic heterocycles. The number of benzene rings is 1. The van der Waals surface area contributed by atoms with Crippen molar-refractivity contribution < 1.29 is 4.79 Å². The van der Waals surface area contributed by atoms with Gasteiger partial charge >= 0.3 is 0 Å². The van der Waals surface area contributed by atoms with Gasteiger partial charge in [-0.25, -0.2) is 0 Å². The van der Waals surface area contributed by atoms with Gasteiger partial charge in [-0.15, -0.1) is 0 Å². The molecule has 3 nitrogen and oxygen atoms in total. The van der Waals surface area contributed by atoms with Crippen molar-refractivity contribution in [1.29, 1.82) is 0 Å². The number of rotatable bonds is 5. The monoisotopic (exact) mass is 290 g/mol. The van der Waals surface area contributed by atoms with Gasteiger partial charge in [0.2, 0.25) is 0 Å². The number of aryl methyl sites for hydroxylation is 1. The van der Waals surface area contributed by atoms with Crippen LogP contribution in [-0.2, 0) is 0 Å². The number of thioether (sulfide) groups is 1. The van der Waals surface area contributed by atoms with Gasteiger partial charge in [-0.05, 0) is 37.3 Å². The van der Waals surface area contributed by atoms with Crippen molar-refractivity contribution in [2.45, 2.75) is 25.5 Å². The second-order valence-electron chi connectivity index (χ2n) is 4.63. The maximum absolute atomic E-state index is 12.2. The van der Waals surface area contributed by atoms with Crippen LogP contribution in [-0.4, -0.2) is 30.5 Å². The van der Waals surface area contributed by atoms with Gasteiger partial charge in [0.05, 0.1) is 6.54 Å². The Kier molecular flexibility index (Phi) is 7.21. The van der Waals surface area contributed by atoms with Crippen molar-refractivity contribution in [3.63, 3.8) is 0 Å². The van der Waals surface area contributed by atoms with Gasteiger partial charge in [-0.2, -0.15) is 11.8 Å². The molecule has 0 fully saturated rings. The van der Waals surface area contributed by atoms with Crippen molar-refractivity contribution in [1.82, 2.24) is 5.32 Å². The first-order valence-corrected chi connectivity index (χ1v) is 7.97. The van der Waals surface area contributed by atoms with Crippen molar-refractivity contribution in [3.8, 4) is 11.8 Å². The molecule has 20 heavy (non-hydrogen) atoms. The van der Waals surface area contributed by atoms with E-state index in [1.165, 1.54) is 0 Å². The quantitative estimate of drug-likeness (QED) is 0.817. The molecule has 1 aromatic carbocycles. The van der Waals surface area contributed by atoms with E-state index in [1.54, 1.807) is 11.8 Å². The molecule has 1 aromatic rings. The van der Waals surface area contributed by atoms with Crippen LogP contribution in [0.5, 0.6) is 0 Å². The summed E-state index contributed by atoms with van der Waals surface area (Å²) in [7, 11) is 0. The molecule has 0 spiro atoms. The third-order valence-electron chi connectivity index (χ3n) is 3.06. The number of carbonyl (C=O) groups excluding carboxylic acids is 1. The molecule has 108 valence electrons. The summed E-state index contributed by atoms with van der Waals surface area (Å²) < 4.78 is 0. The van der Waals surface area contributed by atoms with Gasteiger partial charge in [0.15, 0.2) is 0 Å². The zero-order valence-electron chi connectivity index (χ0n) is 12.3. The van der Waals surface area contributed by atoms with Crippen molar-refractivity contribution in [2.75, 3.05) is 19.3 Å². The summed E-state index contributed by atoms with van der Waals surface area (Å²) in [6.07, 6.45) is 3.05. The maximum Gasteiger partial charge on any atom is 0.251 e. The summed E-state index contributed by atoms with van der Waals surface area (Å²) in [5.41, 5.74) is 7.82. The molecule has 0 saturated heterocycles. The first-order chi connectivity index (χ1) is 9.58. The molecule has 1 unspecified atom stereocenters. The van der Waals surface area contributed by atoms with Gasteiger partial charge in [0, 0.05) is 22.9 Å². The van der Waals surface area contributed by atoms with Crippen LogP contribution in [0.25, 0.3) is 0 Å². The Bertz CT molecular complexity index is 517. The van der Waals surface area contributed by atoms with Crippen LogP contribution in [0.2, 0.25) is 0 Å². The summed E-state index contributed by atoms with van der Waals surface area (Å²) in [4.78, 5) is 12.2. The molecular weight excluding hydrogens is 268 g/mol. The molecule has 0 aliphatic carbocycles. The summed E-state index contributed by atoms with van der Waals surface area (Å²) in [6, 6.07) is 5.65. The first-order valence-electron chi connectivity index (χ1n) is 6.69. The summed E-state index contributed by atoms with van der Waals surface area (Å²) >= 11 is 1.81. The second kappa shape index (κ2) is 8.68. The minimum absolute atomic E-state index is 0.0350. The summed E-state index contributed by atoms with van der Waals surface area (Å²) in [5, 5.41) is 3.52. The predicted molar refractivity (Wildman–Crippen MR) is 87.0 cm³/mol. The molecule has 0 aromatic heterocycles. The van der Waals surface area contributed by atoms with E-state index in [-0.39, 0.29) is 5.91 Å². The highest BCUT2D eigenvalue weighted by Gasteiger charge is 2.09. The van der Waals surface area contributed by atoms with E-state index < -0.39 is 0 Å². The average Bonchev–Trinajstić information content (AvgIpc) is 2.45. The fourth-order valence-electron chi connectivity index (χ4n) is 1.70. The van der Waals surface area contributed by atoms with E-state index in [4.69, 9.17) is 5.73 Å². The van der Waals surface area contributed by atoms with Gasteiger partial charge in [0.1, 0.15) is 0 Å². The van der Waals surface area contributed by atoms with Crippen molar-refractivity contribution in [2.24, 2.45) is 5.73 Å². The van der Waals surface area contributed by atoms with Crippen LogP contribution >= 0.6 is 11.8 Å². The van der Waals surface area contributed by atoms with Crippen LogP contribution < -0.4 is 11.1 Å². The van der Waals surface area contributed by atoms with E-state index in [0.29, 0.717) is 23.9 Å². The normalized spacial score (nSPS) is 11.4. The molecule has 1 atom stereocenters. The fourth-order valence-corrected chi connectivity index (χ4v) is 2.05. The van der Waals surface area contributed by atoms with Crippen LogP contribution in [0.3, 0.4) is 0 Å². The SMILES string of the molecule is CSC(C)CCNC(=O)c1cc(C#CCN)ccc1C. The van der Waals surface area contributed by atoms with E-state index in [9.17, 15) is 4.79 Å². The van der Waals surface area contributed by atoms with Crippen molar-refractivity contribution >= 4 is 17.7 Å². The number of carbonyl (C=O) groups is 1. The largest absolute Gasteiger partial charge is 0.352 e. The topological polar surface area (TPSA) is 55.1 Å². The zero-order valence-corrected chi connectivity index (χ0v) is 13.1. The molecule has 1 rings (SSSR count). The predicted octanol–water partition coefficient (Wildman–Crippen LogP) is 2.18. The average molecular weight is 290 g/mol. The van der Waals surface area contributed by atoms with Gasteiger partial charge in [0.25, 0.3) is 5.91 Å². The van der Waals surface area contributed by atoms with Crippen LogP contribution in [0.1, 0.15) is 34.8 Å².